The highest BCUT2D eigenvalue weighted by Crippen LogP contribution is 2.31. The van der Waals surface area contributed by atoms with Crippen LogP contribution < -0.4 is 11.3 Å². The number of aromatic amines is 2. The molecule has 0 aliphatic carbocycles. The molecule has 1 aliphatic heterocycles. The fourth-order valence-electron chi connectivity index (χ4n) is 4.29. The van der Waals surface area contributed by atoms with Crippen molar-refractivity contribution < 1.29 is 27.9 Å². The summed E-state index contributed by atoms with van der Waals surface area (Å²) in [4.78, 5) is 45.3. The number of benzene rings is 1. The van der Waals surface area contributed by atoms with Crippen molar-refractivity contribution in [3.63, 3.8) is 0 Å². The molecule has 4 aromatic rings. The molecule has 0 bridgehead atoms. The van der Waals surface area contributed by atoms with Crippen LogP contribution in [-0.4, -0.2) is 56.1 Å². The second-order valence-corrected chi connectivity index (χ2v) is 8.77. The number of H-pyrrole nitrogens is 2. The van der Waals surface area contributed by atoms with Crippen molar-refractivity contribution in [1.29, 1.82) is 0 Å². The lowest BCUT2D eigenvalue weighted by Crippen LogP contribution is -2.37. The van der Waals surface area contributed by atoms with Gasteiger partial charge in [-0.05, 0) is 54.3 Å². The third-order valence-electron chi connectivity index (χ3n) is 6.31. The van der Waals surface area contributed by atoms with Crippen molar-refractivity contribution in [2.45, 2.75) is 24.9 Å². The molecule has 0 unspecified atom stereocenters. The minimum Gasteiger partial charge on any atom is -0.475 e. The highest BCUT2D eigenvalue weighted by Gasteiger charge is 2.38. The summed E-state index contributed by atoms with van der Waals surface area (Å²) in [5, 5.41) is 8.08. The summed E-state index contributed by atoms with van der Waals surface area (Å²) < 4.78 is 31.7. The molecule has 38 heavy (non-hydrogen) atoms. The van der Waals surface area contributed by atoms with Gasteiger partial charge < -0.3 is 25.7 Å². The molecule has 9 nitrogen and oxygen atoms in total. The number of pyridine rings is 2. The highest BCUT2D eigenvalue weighted by atomic mass is 19.4. The van der Waals surface area contributed by atoms with Crippen molar-refractivity contribution in [2.75, 3.05) is 18.8 Å². The van der Waals surface area contributed by atoms with Gasteiger partial charge in [-0.2, -0.15) is 13.2 Å². The van der Waals surface area contributed by atoms with Gasteiger partial charge in [0, 0.05) is 54.1 Å². The number of carbonyl (C=O) groups is 2. The number of alkyl halides is 3. The van der Waals surface area contributed by atoms with E-state index in [9.17, 15) is 22.8 Å². The Morgan fingerprint density at radius 1 is 1.03 bits per heavy atom. The molecule has 1 amide bonds. The molecule has 1 saturated heterocycles. The van der Waals surface area contributed by atoms with Gasteiger partial charge >= 0.3 is 12.1 Å². The minimum absolute atomic E-state index is 0.0524. The van der Waals surface area contributed by atoms with Gasteiger partial charge in [0.25, 0.3) is 5.91 Å². The monoisotopic (exact) mass is 527 g/mol. The van der Waals surface area contributed by atoms with Gasteiger partial charge in [-0.15, -0.1) is 0 Å². The van der Waals surface area contributed by atoms with Crippen LogP contribution in [0.15, 0.2) is 65.7 Å². The first kappa shape index (κ1) is 26.5. The number of nitrogens with one attached hydrogen (secondary N) is 2. The van der Waals surface area contributed by atoms with E-state index in [-0.39, 0.29) is 11.5 Å². The normalized spacial score (nSPS) is 14.1. The number of nitrogens with two attached hydrogens (primary N) is 1. The van der Waals surface area contributed by atoms with E-state index < -0.39 is 12.1 Å². The standard InChI is InChI=1S/C24H23N5O2.C2HF3O2/c25-23-19-13-21(28-20(19)7-10-26-23)16-8-11-29(12-9-16)24(31)17-3-1-15(2-4-17)18-5-6-22(30)27-14-18;3-2(4,5)1(6)7/h1-7,10,13-14,16,28H,8-9,11-12H2,(H2,25,26)(H,27,30);(H,6,7). The average Bonchev–Trinajstić information content (AvgIpc) is 3.35. The number of hydrogen-bond donors (Lipinski definition) is 4. The molecular formula is C26H24F3N5O4. The highest BCUT2D eigenvalue weighted by molar-refractivity contribution is 5.95. The molecule has 4 heterocycles. The lowest BCUT2D eigenvalue weighted by molar-refractivity contribution is -0.192. The zero-order valence-electron chi connectivity index (χ0n) is 20.0. The number of anilines is 1. The molecule has 5 rings (SSSR count). The topological polar surface area (TPSA) is 145 Å². The summed E-state index contributed by atoms with van der Waals surface area (Å²) in [5.74, 6) is -1.79. The van der Waals surface area contributed by atoms with Crippen molar-refractivity contribution >= 4 is 28.6 Å². The summed E-state index contributed by atoms with van der Waals surface area (Å²) in [6.45, 7) is 1.43. The number of piperidine rings is 1. The number of rotatable bonds is 3. The first-order valence-corrected chi connectivity index (χ1v) is 11.6. The predicted octanol–water partition coefficient (Wildman–Crippen LogP) is 4.15. The Balaban J connectivity index is 0.000000426. The molecule has 0 saturated carbocycles. The molecule has 0 atom stereocenters. The maximum Gasteiger partial charge on any atom is 0.490 e. The Hall–Kier alpha value is -4.61. The van der Waals surface area contributed by atoms with Gasteiger partial charge in [-0.1, -0.05) is 12.1 Å². The molecule has 3 aromatic heterocycles. The third kappa shape index (κ3) is 6.02. The molecule has 12 heteroatoms. The van der Waals surface area contributed by atoms with E-state index in [0.29, 0.717) is 30.4 Å². The van der Waals surface area contributed by atoms with Crippen LogP contribution in [0.2, 0.25) is 0 Å². The third-order valence-corrected chi connectivity index (χ3v) is 6.31. The summed E-state index contributed by atoms with van der Waals surface area (Å²) in [5.41, 5.74) is 10.6. The Morgan fingerprint density at radius 2 is 1.66 bits per heavy atom. The number of aliphatic carboxylic acids is 1. The number of carboxylic acid groups (broad SMARTS) is 1. The van der Waals surface area contributed by atoms with Gasteiger partial charge in [0.15, 0.2) is 0 Å². The number of carbonyl (C=O) groups excluding carboxylic acids is 1. The van der Waals surface area contributed by atoms with Crippen LogP contribution in [0.5, 0.6) is 0 Å². The first-order valence-electron chi connectivity index (χ1n) is 11.6. The largest absolute Gasteiger partial charge is 0.490 e. The predicted molar refractivity (Wildman–Crippen MR) is 135 cm³/mol. The van der Waals surface area contributed by atoms with Crippen LogP contribution >= 0.6 is 0 Å². The van der Waals surface area contributed by atoms with Gasteiger partial charge in [0.05, 0.1) is 5.52 Å². The van der Waals surface area contributed by atoms with Gasteiger partial charge in [0.2, 0.25) is 5.56 Å². The van der Waals surface area contributed by atoms with E-state index in [1.807, 2.05) is 35.2 Å². The van der Waals surface area contributed by atoms with E-state index in [1.165, 1.54) is 6.07 Å². The molecule has 5 N–H and O–H groups in total. The Labute approximate surface area is 214 Å². The summed E-state index contributed by atoms with van der Waals surface area (Å²) in [7, 11) is 0. The lowest BCUT2D eigenvalue weighted by Gasteiger charge is -2.31. The van der Waals surface area contributed by atoms with Crippen LogP contribution in [-0.2, 0) is 4.79 Å². The number of amides is 1. The number of carboxylic acids is 1. The zero-order chi connectivity index (χ0) is 27.4. The van der Waals surface area contributed by atoms with E-state index in [2.05, 4.69) is 21.0 Å². The Morgan fingerprint density at radius 3 is 2.21 bits per heavy atom. The van der Waals surface area contributed by atoms with Crippen LogP contribution in [0, 0.1) is 0 Å². The summed E-state index contributed by atoms with van der Waals surface area (Å²) >= 11 is 0. The maximum atomic E-state index is 13.0. The number of hydrogen-bond acceptors (Lipinski definition) is 5. The molecule has 0 radical (unpaired) electrons. The van der Waals surface area contributed by atoms with Crippen LogP contribution in [0.1, 0.15) is 34.8 Å². The maximum absolute atomic E-state index is 13.0. The zero-order valence-corrected chi connectivity index (χ0v) is 20.0. The van der Waals surface area contributed by atoms with E-state index in [0.717, 1.165) is 40.6 Å². The lowest BCUT2D eigenvalue weighted by atomic mass is 9.93. The van der Waals surface area contributed by atoms with E-state index in [4.69, 9.17) is 15.6 Å². The molecule has 1 fully saturated rings. The smallest absolute Gasteiger partial charge is 0.475 e. The second kappa shape index (κ2) is 10.8. The van der Waals surface area contributed by atoms with Crippen LogP contribution in [0.3, 0.4) is 0 Å². The number of aromatic nitrogens is 3. The van der Waals surface area contributed by atoms with E-state index in [1.54, 1.807) is 18.5 Å². The van der Waals surface area contributed by atoms with Crippen LogP contribution in [0.4, 0.5) is 19.0 Å². The summed E-state index contributed by atoms with van der Waals surface area (Å²) in [6, 6.07) is 14.8. The van der Waals surface area contributed by atoms with Gasteiger partial charge in [-0.25, -0.2) is 9.78 Å². The quantitative estimate of drug-likeness (QED) is 0.315. The van der Waals surface area contributed by atoms with E-state index >= 15 is 0 Å². The van der Waals surface area contributed by atoms with Crippen LogP contribution in [0.25, 0.3) is 22.0 Å². The van der Waals surface area contributed by atoms with Gasteiger partial charge in [0.1, 0.15) is 5.82 Å². The summed E-state index contributed by atoms with van der Waals surface area (Å²) in [6.07, 6.45) is 0.113. The minimum atomic E-state index is -5.08. The number of fused-ring (bicyclic) bond motifs is 1. The fourth-order valence-corrected chi connectivity index (χ4v) is 4.29. The van der Waals surface area contributed by atoms with Crippen molar-refractivity contribution in [2.24, 2.45) is 0 Å². The second-order valence-electron chi connectivity index (χ2n) is 8.77. The number of likely N-dealkylation sites (tertiary alicyclic amines) is 1. The first-order chi connectivity index (χ1) is 18.0. The molecule has 0 spiro atoms. The average molecular weight is 528 g/mol. The van der Waals surface area contributed by atoms with Gasteiger partial charge in [-0.3, -0.25) is 9.59 Å². The van der Waals surface area contributed by atoms with Crippen molar-refractivity contribution in [1.82, 2.24) is 19.9 Å². The number of nitrogen functional groups attached to an aromatic ring is 1. The molecule has 1 aromatic carbocycles. The number of halogens is 3. The van der Waals surface area contributed by atoms with Crippen molar-refractivity contribution in [3.8, 4) is 11.1 Å². The fraction of sp³-hybridized carbons (Fsp3) is 0.231. The molecular weight excluding hydrogens is 503 g/mol. The Bertz CT molecular complexity index is 1480. The Kier molecular flexibility index (Phi) is 7.51. The van der Waals surface area contributed by atoms with Crippen molar-refractivity contribution in [3.05, 3.63) is 82.5 Å². The SMILES string of the molecule is Nc1nccc2[nH]c(C3CCN(C(=O)c4ccc(-c5ccc(=O)[nH]c5)cc4)CC3)cc12.O=C(O)C(F)(F)F. The number of nitrogens with zero attached hydrogens (tertiary/aromatic N) is 2. The molecule has 1 aliphatic rings. The molecule has 198 valence electrons.